The molecule has 2 aromatic rings. The molecule has 0 radical (unpaired) electrons. The Morgan fingerprint density at radius 3 is 3.14 bits per heavy atom. The molecular formula is C17H24N4. The summed E-state index contributed by atoms with van der Waals surface area (Å²) in [6.45, 7) is 3.23. The fourth-order valence-electron chi connectivity index (χ4n) is 3.36. The number of fused-ring (bicyclic) bond motifs is 1. The van der Waals surface area contributed by atoms with Crippen molar-refractivity contribution >= 4 is 0 Å². The van der Waals surface area contributed by atoms with Crippen molar-refractivity contribution in [2.45, 2.75) is 44.6 Å². The average Bonchev–Trinajstić information content (AvgIpc) is 2.94. The van der Waals surface area contributed by atoms with E-state index >= 15 is 0 Å². The van der Waals surface area contributed by atoms with Gasteiger partial charge in [0.25, 0.3) is 0 Å². The van der Waals surface area contributed by atoms with Crippen molar-refractivity contribution in [1.82, 2.24) is 20.1 Å². The van der Waals surface area contributed by atoms with Crippen LogP contribution in [0.5, 0.6) is 0 Å². The van der Waals surface area contributed by atoms with Crippen LogP contribution in [0.1, 0.15) is 55.0 Å². The smallest absolute Gasteiger partial charge is 0.0537 e. The molecule has 4 heteroatoms. The molecule has 0 aromatic carbocycles. The zero-order valence-corrected chi connectivity index (χ0v) is 12.9. The quantitative estimate of drug-likeness (QED) is 0.918. The average molecular weight is 284 g/mol. The molecule has 3 rings (SSSR count). The van der Waals surface area contributed by atoms with Gasteiger partial charge < -0.3 is 5.32 Å². The lowest BCUT2D eigenvalue weighted by Crippen LogP contribution is -2.30. The van der Waals surface area contributed by atoms with Gasteiger partial charge in [0.2, 0.25) is 0 Å². The fraction of sp³-hybridized carbons (Fsp3) is 0.529. The summed E-state index contributed by atoms with van der Waals surface area (Å²) < 4.78 is 1.89. The van der Waals surface area contributed by atoms with E-state index in [9.17, 15) is 0 Å². The maximum atomic E-state index is 4.69. The van der Waals surface area contributed by atoms with E-state index < -0.39 is 0 Å². The van der Waals surface area contributed by atoms with E-state index in [1.54, 1.807) is 0 Å². The molecular weight excluding hydrogens is 260 g/mol. The van der Waals surface area contributed by atoms with Crippen molar-refractivity contribution in [3.8, 4) is 0 Å². The van der Waals surface area contributed by atoms with Crippen LogP contribution in [0.25, 0.3) is 0 Å². The summed E-state index contributed by atoms with van der Waals surface area (Å²) in [6.07, 6.45) is 10.8. The molecule has 1 aliphatic rings. The summed E-state index contributed by atoms with van der Waals surface area (Å²) in [6, 6.07) is 4.60. The SMILES string of the molecule is CCCNC(c1cnn(C)c1)C1CCCc2cccnc21. The summed E-state index contributed by atoms with van der Waals surface area (Å²) in [5.74, 6) is 0.450. The molecule has 0 saturated heterocycles. The Hall–Kier alpha value is -1.68. The second-order valence-corrected chi connectivity index (χ2v) is 5.93. The highest BCUT2D eigenvalue weighted by molar-refractivity contribution is 5.30. The molecule has 1 aliphatic carbocycles. The Balaban J connectivity index is 1.93. The molecule has 112 valence electrons. The van der Waals surface area contributed by atoms with Crippen LogP contribution in [0, 0.1) is 0 Å². The van der Waals surface area contributed by atoms with Crippen LogP contribution in [0.4, 0.5) is 0 Å². The monoisotopic (exact) mass is 284 g/mol. The van der Waals surface area contributed by atoms with E-state index in [-0.39, 0.29) is 0 Å². The molecule has 4 nitrogen and oxygen atoms in total. The number of aromatic nitrogens is 3. The van der Waals surface area contributed by atoms with E-state index in [1.807, 2.05) is 24.1 Å². The summed E-state index contributed by atoms with van der Waals surface area (Å²) in [7, 11) is 1.98. The fourth-order valence-corrected chi connectivity index (χ4v) is 3.36. The number of nitrogens with zero attached hydrogens (tertiary/aromatic N) is 3. The summed E-state index contributed by atoms with van der Waals surface area (Å²) in [5, 5.41) is 8.07. The lowest BCUT2D eigenvalue weighted by molar-refractivity contribution is 0.394. The Bertz CT molecular complexity index is 590. The van der Waals surface area contributed by atoms with Crippen molar-refractivity contribution < 1.29 is 0 Å². The first kappa shape index (κ1) is 14.3. The van der Waals surface area contributed by atoms with E-state index in [0.717, 1.165) is 19.4 Å². The van der Waals surface area contributed by atoms with Crippen LogP contribution in [0.2, 0.25) is 0 Å². The van der Waals surface area contributed by atoms with Gasteiger partial charge in [-0.15, -0.1) is 0 Å². The van der Waals surface area contributed by atoms with Gasteiger partial charge in [0.05, 0.1) is 6.20 Å². The largest absolute Gasteiger partial charge is 0.309 e. The molecule has 2 unspecified atom stereocenters. The zero-order chi connectivity index (χ0) is 14.7. The first-order valence-corrected chi connectivity index (χ1v) is 7.95. The topological polar surface area (TPSA) is 42.7 Å². The van der Waals surface area contributed by atoms with Crippen LogP contribution in [-0.4, -0.2) is 21.3 Å². The Morgan fingerprint density at radius 2 is 2.38 bits per heavy atom. The number of nitrogens with one attached hydrogen (secondary N) is 1. The molecule has 1 N–H and O–H groups in total. The van der Waals surface area contributed by atoms with Gasteiger partial charge in [0.1, 0.15) is 0 Å². The van der Waals surface area contributed by atoms with Gasteiger partial charge in [-0.2, -0.15) is 5.10 Å². The number of hydrogen-bond acceptors (Lipinski definition) is 3. The van der Waals surface area contributed by atoms with Crippen LogP contribution in [0.15, 0.2) is 30.7 Å². The lowest BCUT2D eigenvalue weighted by Gasteiger charge is -2.31. The highest BCUT2D eigenvalue weighted by Crippen LogP contribution is 2.39. The second-order valence-electron chi connectivity index (χ2n) is 5.93. The van der Waals surface area contributed by atoms with Gasteiger partial charge in [-0.25, -0.2) is 0 Å². The maximum Gasteiger partial charge on any atom is 0.0537 e. The van der Waals surface area contributed by atoms with Crippen LogP contribution < -0.4 is 5.32 Å². The third-order valence-corrected chi connectivity index (χ3v) is 4.34. The summed E-state index contributed by atoms with van der Waals surface area (Å²) >= 11 is 0. The minimum Gasteiger partial charge on any atom is -0.309 e. The molecule has 2 atom stereocenters. The zero-order valence-electron chi connectivity index (χ0n) is 12.9. The summed E-state index contributed by atoms with van der Waals surface area (Å²) in [4.78, 5) is 4.69. The molecule has 21 heavy (non-hydrogen) atoms. The molecule has 0 bridgehead atoms. The standard InChI is InChI=1S/C17H24N4/c1-3-9-18-17(14-11-20-21(2)12-14)15-8-4-6-13-7-5-10-19-16(13)15/h5,7,10-12,15,17-18H,3-4,6,8-9H2,1-2H3. The summed E-state index contributed by atoms with van der Waals surface area (Å²) in [5.41, 5.74) is 3.97. The van der Waals surface area contributed by atoms with Crippen LogP contribution in [-0.2, 0) is 13.5 Å². The predicted molar refractivity (Wildman–Crippen MR) is 84.2 cm³/mol. The molecule has 0 spiro atoms. The van der Waals surface area contributed by atoms with Gasteiger partial charge in [-0.05, 0) is 43.9 Å². The minimum atomic E-state index is 0.313. The van der Waals surface area contributed by atoms with Gasteiger partial charge >= 0.3 is 0 Å². The van der Waals surface area contributed by atoms with E-state index in [1.165, 1.54) is 29.7 Å². The normalized spacial score (nSPS) is 19.2. The Morgan fingerprint density at radius 1 is 1.48 bits per heavy atom. The Kier molecular flexibility index (Phi) is 4.34. The molecule has 0 fully saturated rings. The van der Waals surface area contributed by atoms with E-state index in [2.05, 4.69) is 35.7 Å². The lowest BCUT2D eigenvalue weighted by atomic mass is 9.80. The van der Waals surface area contributed by atoms with E-state index in [4.69, 9.17) is 4.98 Å². The second kappa shape index (κ2) is 6.39. The van der Waals surface area contributed by atoms with Gasteiger partial charge in [0, 0.05) is 42.7 Å². The Labute approximate surface area is 126 Å². The first-order valence-electron chi connectivity index (χ1n) is 7.95. The molecule has 2 aromatic heterocycles. The highest BCUT2D eigenvalue weighted by Gasteiger charge is 2.30. The number of rotatable bonds is 5. The van der Waals surface area contributed by atoms with Crippen molar-refractivity contribution in [2.75, 3.05) is 6.54 Å². The molecule has 2 heterocycles. The minimum absolute atomic E-state index is 0.313. The van der Waals surface area contributed by atoms with Gasteiger partial charge in [0.15, 0.2) is 0 Å². The molecule has 0 aliphatic heterocycles. The van der Waals surface area contributed by atoms with E-state index in [0.29, 0.717) is 12.0 Å². The molecule has 0 saturated carbocycles. The molecule has 0 amide bonds. The third kappa shape index (κ3) is 3.00. The van der Waals surface area contributed by atoms with Gasteiger partial charge in [-0.1, -0.05) is 13.0 Å². The number of aryl methyl sites for hydroxylation is 2. The van der Waals surface area contributed by atoms with Crippen LogP contribution in [0.3, 0.4) is 0 Å². The van der Waals surface area contributed by atoms with Crippen molar-refractivity contribution in [3.63, 3.8) is 0 Å². The van der Waals surface area contributed by atoms with Crippen molar-refractivity contribution in [3.05, 3.63) is 47.5 Å². The maximum absolute atomic E-state index is 4.69. The van der Waals surface area contributed by atoms with Crippen molar-refractivity contribution in [1.29, 1.82) is 0 Å². The van der Waals surface area contributed by atoms with Crippen molar-refractivity contribution in [2.24, 2.45) is 7.05 Å². The predicted octanol–water partition coefficient (Wildman–Crippen LogP) is 2.98. The third-order valence-electron chi connectivity index (χ3n) is 4.34. The van der Waals surface area contributed by atoms with Crippen LogP contribution >= 0.6 is 0 Å². The first-order chi connectivity index (χ1) is 10.3. The number of pyridine rings is 1. The highest BCUT2D eigenvalue weighted by atomic mass is 15.2. The van der Waals surface area contributed by atoms with Gasteiger partial charge in [-0.3, -0.25) is 9.67 Å². The number of hydrogen-bond donors (Lipinski definition) is 1.